The van der Waals surface area contributed by atoms with Crippen LogP contribution < -0.4 is 21.2 Å². The van der Waals surface area contributed by atoms with Crippen molar-refractivity contribution in [1.82, 2.24) is 9.88 Å². The number of hydrogen-bond donors (Lipinski definition) is 2. The number of fused-ring (bicyclic) bond motifs is 1. The summed E-state index contributed by atoms with van der Waals surface area (Å²) in [7, 11) is 0.500. The van der Waals surface area contributed by atoms with E-state index < -0.39 is 11.7 Å². The van der Waals surface area contributed by atoms with Gasteiger partial charge in [-0.25, -0.2) is 4.79 Å². The quantitative estimate of drug-likeness (QED) is 0.512. The van der Waals surface area contributed by atoms with Crippen molar-refractivity contribution in [2.45, 2.75) is 58.7 Å². The fraction of sp³-hybridized carbons (Fsp3) is 0.538. The van der Waals surface area contributed by atoms with Gasteiger partial charge in [0.1, 0.15) is 5.60 Å². The number of likely N-dealkylation sites (tertiary alicyclic amines) is 1. The number of carbonyl (C=O) groups excluding carboxylic acids is 1. The number of carbonyl (C=O) groups is 1. The summed E-state index contributed by atoms with van der Waals surface area (Å²) in [5.74, 6) is 1.50. The maximum Gasteiger partial charge on any atom is 0.417 e. The Morgan fingerprint density at radius 1 is 1.11 bits per heavy atom. The molecule has 1 aliphatic heterocycles. The van der Waals surface area contributed by atoms with E-state index >= 15 is 0 Å². The summed E-state index contributed by atoms with van der Waals surface area (Å²) in [5.41, 5.74) is 10.9. The summed E-state index contributed by atoms with van der Waals surface area (Å²) in [6.45, 7) is 9.26. The minimum absolute atomic E-state index is 0.0280. The van der Waals surface area contributed by atoms with Crippen molar-refractivity contribution in [3.8, 4) is 0 Å². The topological polar surface area (TPSA) is 94.5 Å². The van der Waals surface area contributed by atoms with E-state index in [1.165, 1.54) is 30.6 Å². The standard InChI is InChI=1S/C13H12F3N3S.C12H21NO2.CH3F/c1-7(17)8-3-5-20-12(8)11(18)9-6-19-4-2-10(9)13(14,15)16;1-12(2,3)15-11(14)13-7-9-5-4-6-10(9)8-13;1-2/h2-6H,17-18H2,1H3;9-10H,4-8H2,1-3H3;1H3/b8-7-,12-11+;;/t;9-,10+;. The molecule has 4 rings (SSSR count). The molecule has 11 heteroatoms. The largest absolute Gasteiger partial charge is 0.444 e. The average molecular weight is 545 g/mol. The predicted octanol–water partition coefficient (Wildman–Crippen LogP) is 4.60. The Labute approximate surface area is 219 Å². The smallest absolute Gasteiger partial charge is 0.417 e. The van der Waals surface area contributed by atoms with Crippen LogP contribution in [0.25, 0.3) is 11.4 Å². The lowest BCUT2D eigenvalue weighted by atomic mass is 10.0. The molecular weight excluding hydrogens is 508 g/mol. The van der Waals surface area contributed by atoms with Gasteiger partial charge in [0, 0.05) is 42.0 Å². The third-order valence-corrected chi connectivity index (χ3v) is 7.08. The fourth-order valence-electron chi connectivity index (χ4n) is 4.52. The molecule has 0 radical (unpaired) electrons. The normalized spacial score (nSPS) is 20.6. The molecule has 2 aromatic rings. The SMILES string of the molecule is C/C(N)=c1\ccs\c1=C(\N)c1cnccc1C(F)(F)F.CC(C)(C)OC(=O)N1C[C@H]2CCC[C@H]2C1.CF. The first-order valence-corrected chi connectivity index (χ1v) is 12.8. The van der Waals surface area contributed by atoms with Crippen LogP contribution in [0.2, 0.25) is 0 Å². The summed E-state index contributed by atoms with van der Waals surface area (Å²) >= 11 is 1.24. The summed E-state index contributed by atoms with van der Waals surface area (Å²) < 4.78 is 54.3. The molecule has 1 amide bonds. The van der Waals surface area contributed by atoms with Gasteiger partial charge < -0.3 is 21.1 Å². The van der Waals surface area contributed by atoms with Crippen LogP contribution in [0.1, 0.15) is 58.1 Å². The first-order valence-electron chi connectivity index (χ1n) is 11.9. The number of alkyl halides is 4. The van der Waals surface area contributed by atoms with Gasteiger partial charge in [-0.05, 0) is 69.9 Å². The second-order valence-corrected chi connectivity index (χ2v) is 10.9. The third kappa shape index (κ3) is 8.08. The number of pyridine rings is 1. The molecular formula is C26H36F4N4O2S. The monoisotopic (exact) mass is 544 g/mol. The number of aromatic nitrogens is 1. The number of halogens is 4. The molecule has 3 heterocycles. The molecule has 0 bridgehead atoms. The van der Waals surface area contributed by atoms with Crippen LogP contribution in [-0.4, -0.2) is 41.8 Å². The summed E-state index contributed by atoms with van der Waals surface area (Å²) in [5, 5.41) is 2.38. The van der Waals surface area contributed by atoms with E-state index in [0.717, 1.165) is 43.4 Å². The second kappa shape index (κ2) is 12.6. The number of nitrogens with two attached hydrogens (primary N) is 2. The number of nitrogens with zero attached hydrogens (tertiary/aromatic N) is 2. The predicted molar refractivity (Wildman–Crippen MR) is 138 cm³/mol. The molecule has 6 nitrogen and oxygen atoms in total. The Morgan fingerprint density at radius 3 is 2.22 bits per heavy atom. The minimum Gasteiger partial charge on any atom is -0.444 e. The molecule has 0 aromatic carbocycles. The number of ether oxygens (including phenoxy) is 1. The van der Waals surface area contributed by atoms with E-state index in [1.807, 2.05) is 25.7 Å². The first kappa shape index (κ1) is 30.4. The molecule has 2 aromatic heterocycles. The zero-order valence-corrected chi connectivity index (χ0v) is 22.7. The maximum atomic E-state index is 13.0. The Kier molecular flexibility index (Phi) is 10.4. The van der Waals surface area contributed by atoms with Crippen molar-refractivity contribution in [2.75, 3.05) is 20.3 Å². The zero-order chi connectivity index (χ0) is 28.0. The van der Waals surface area contributed by atoms with Gasteiger partial charge in [-0.2, -0.15) is 13.2 Å². The van der Waals surface area contributed by atoms with E-state index in [-0.39, 0.29) is 23.0 Å². The van der Waals surface area contributed by atoms with Crippen LogP contribution in [0.3, 0.4) is 0 Å². The highest BCUT2D eigenvalue weighted by Gasteiger charge is 2.39. The summed E-state index contributed by atoms with van der Waals surface area (Å²) in [6.07, 6.45) is 1.53. The first-order chi connectivity index (χ1) is 17.3. The van der Waals surface area contributed by atoms with Gasteiger partial charge >= 0.3 is 12.3 Å². The van der Waals surface area contributed by atoms with Crippen molar-refractivity contribution in [3.63, 3.8) is 0 Å². The number of thiophene rings is 1. The Bertz CT molecular complexity index is 1160. The van der Waals surface area contributed by atoms with Crippen LogP contribution in [0, 0.1) is 11.8 Å². The van der Waals surface area contributed by atoms with Gasteiger partial charge in [0.2, 0.25) is 0 Å². The molecule has 0 unspecified atom stereocenters. The molecule has 37 heavy (non-hydrogen) atoms. The molecule has 4 N–H and O–H groups in total. The average Bonchev–Trinajstić information content (AvgIpc) is 3.55. The van der Waals surface area contributed by atoms with E-state index in [2.05, 4.69) is 4.98 Å². The lowest BCUT2D eigenvalue weighted by Crippen LogP contribution is -2.35. The van der Waals surface area contributed by atoms with Crippen molar-refractivity contribution >= 4 is 28.8 Å². The van der Waals surface area contributed by atoms with Gasteiger partial charge in [0.15, 0.2) is 0 Å². The van der Waals surface area contributed by atoms with Crippen molar-refractivity contribution in [2.24, 2.45) is 23.3 Å². The Morgan fingerprint density at radius 2 is 1.70 bits per heavy atom. The highest BCUT2D eigenvalue weighted by atomic mass is 32.1. The Balaban J connectivity index is 0.000000252. The van der Waals surface area contributed by atoms with Gasteiger partial charge in [0.05, 0.1) is 23.0 Å². The van der Waals surface area contributed by atoms with Crippen molar-refractivity contribution in [3.05, 3.63) is 50.8 Å². The van der Waals surface area contributed by atoms with E-state index in [4.69, 9.17) is 16.2 Å². The van der Waals surface area contributed by atoms with E-state index in [9.17, 15) is 22.4 Å². The molecule has 1 saturated heterocycles. The minimum atomic E-state index is -4.48. The Hall–Kier alpha value is -2.82. The third-order valence-electron chi connectivity index (χ3n) is 6.13. The lowest BCUT2D eigenvalue weighted by Gasteiger charge is -2.24. The molecule has 1 saturated carbocycles. The van der Waals surface area contributed by atoms with Gasteiger partial charge in [-0.15, -0.1) is 11.3 Å². The van der Waals surface area contributed by atoms with Crippen molar-refractivity contribution < 1.29 is 27.1 Å². The molecule has 2 aliphatic rings. The number of amides is 1. The number of rotatable bonds is 1. The van der Waals surface area contributed by atoms with Crippen LogP contribution >= 0.6 is 11.3 Å². The van der Waals surface area contributed by atoms with Crippen LogP contribution in [0.15, 0.2) is 29.9 Å². The van der Waals surface area contributed by atoms with Crippen molar-refractivity contribution in [1.29, 1.82) is 0 Å². The van der Waals surface area contributed by atoms with Gasteiger partial charge in [0.25, 0.3) is 0 Å². The summed E-state index contributed by atoms with van der Waals surface area (Å²) in [6, 6.07) is 2.64. The highest BCUT2D eigenvalue weighted by Crippen LogP contribution is 2.38. The van der Waals surface area contributed by atoms with Crippen LogP contribution in [0.4, 0.5) is 22.4 Å². The van der Waals surface area contributed by atoms with Crippen LogP contribution in [-0.2, 0) is 10.9 Å². The fourth-order valence-corrected chi connectivity index (χ4v) is 5.45. The second-order valence-electron chi connectivity index (χ2n) is 10.0. The molecule has 206 valence electrons. The van der Waals surface area contributed by atoms with Gasteiger partial charge in [-0.3, -0.25) is 9.37 Å². The highest BCUT2D eigenvalue weighted by molar-refractivity contribution is 7.07. The van der Waals surface area contributed by atoms with Crippen LogP contribution in [0.5, 0.6) is 0 Å². The number of hydrogen-bond acceptors (Lipinski definition) is 6. The summed E-state index contributed by atoms with van der Waals surface area (Å²) in [4.78, 5) is 17.4. The van der Waals surface area contributed by atoms with Gasteiger partial charge in [-0.1, -0.05) is 6.42 Å². The lowest BCUT2D eigenvalue weighted by molar-refractivity contribution is -0.137. The van der Waals surface area contributed by atoms with E-state index in [1.54, 1.807) is 18.4 Å². The molecule has 2 atom stereocenters. The molecule has 0 spiro atoms. The zero-order valence-electron chi connectivity index (χ0n) is 21.9. The molecule has 1 aliphatic carbocycles. The van der Waals surface area contributed by atoms with E-state index in [0.29, 0.717) is 22.6 Å². The maximum absolute atomic E-state index is 13.0. The molecule has 2 fully saturated rings.